The number of rotatable bonds is 3. The Hall–Kier alpha value is -2.41. The molecule has 7 heteroatoms. The van der Waals surface area contributed by atoms with Crippen molar-refractivity contribution in [2.45, 2.75) is 13.0 Å². The van der Waals surface area contributed by atoms with Gasteiger partial charge in [0.25, 0.3) is 5.69 Å². The van der Waals surface area contributed by atoms with Gasteiger partial charge in [-0.3, -0.25) is 15.0 Å². The fourth-order valence-electron chi connectivity index (χ4n) is 2.56. The van der Waals surface area contributed by atoms with Crippen molar-refractivity contribution in [2.24, 2.45) is 0 Å². The van der Waals surface area contributed by atoms with Gasteiger partial charge in [0.05, 0.1) is 10.6 Å². The van der Waals surface area contributed by atoms with Crippen LogP contribution in [0.4, 0.5) is 16.2 Å². The summed E-state index contributed by atoms with van der Waals surface area (Å²) in [7, 11) is 0. The molecule has 0 saturated heterocycles. The van der Waals surface area contributed by atoms with Gasteiger partial charge in [-0.15, -0.1) is 0 Å². The highest BCUT2D eigenvalue weighted by molar-refractivity contribution is 9.10. The van der Waals surface area contributed by atoms with Crippen LogP contribution in [0.2, 0.25) is 0 Å². The third-order valence-electron chi connectivity index (χ3n) is 3.64. The smallest absolute Gasteiger partial charge is 0.414 e. The second-order valence-corrected chi connectivity index (χ2v) is 5.99. The average molecular weight is 377 g/mol. The fraction of sp³-hybridized carbons (Fsp3) is 0.188. The minimum atomic E-state index is -0.456. The number of nitro benzene ring substituents is 1. The van der Waals surface area contributed by atoms with E-state index in [0.29, 0.717) is 23.1 Å². The summed E-state index contributed by atoms with van der Waals surface area (Å²) in [5.41, 5.74) is 2.33. The molecule has 0 radical (unpaired) electrons. The van der Waals surface area contributed by atoms with E-state index in [1.165, 1.54) is 17.0 Å². The number of carbonyl (C=O) groups excluding carboxylic acids is 1. The zero-order valence-corrected chi connectivity index (χ0v) is 13.7. The van der Waals surface area contributed by atoms with Crippen LogP contribution in [0.25, 0.3) is 0 Å². The molecule has 2 aromatic carbocycles. The van der Waals surface area contributed by atoms with Gasteiger partial charge in [0.15, 0.2) is 0 Å². The molecular formula is C16H13BrN2O4. The minimum absolute atomic E-state index is 0.00938. The van der Waals surface area contributed by atoms with Crippen molar-refractivity contribution in [3.63, 3.8) is 0 Å². The van der Waals surface area contributed by atoms with Gasteiger partial charge in [-0.05, 0) is 33.5 Å². The maximum Gasteiger partial charge on any atom is 0.414 e. The van der Waals surface area contributed by atoms with E-state index in [2.05, 4.69) is 15.9 Å². The van der Waals surface area contributed by atoms with Crippen molar-refractivity contribution in [1.29, 1.82) is 0 Å². The van der Waals surface area contributed by atoms with Crippen LogP contribution in [0.15, 0.2) is 46.9 Å². The van der Waals surface area contributed by atoms with Gasteiger partial charge in [-0.2, -0.15) is 0 Å². The summed E-state index contributed by atoms with van der Waals surface area (Å²) in [6.45, 7) is 0.638. The van der Waals surface area contributed by atoms with Crippen LogP contribution in [0.5, 0.6) is 0 Å². The molecule has 0 spiro atoms. The number of carbonyl (C=O) groups is 1. The molecule has 0 saturated carbocycles. The van der Waals surface area contributed by atoms with E-state index in [-0.39, 0.29) is 12.3 Å². The lowest BCUT2D eigenvalue weighted by Gasteiger charge is -2.18. The van der Waals surface area contributed by atoms with Gasteiger partial charge in [0, 0.05) is 23.2 Å². The Labute approximate surface area is 140 Å². The Morgan fingerprint density at radius 1 is 1.30 bits per heavy atom. The lowest BCUT2D eigenvalue weighted by Crippen LogP contribution is -2.29. The molecule has 118 valence electrons. The van der Waals surface area contributed by atoms with Crippen molar-refractivity contribution < 1.29 is 14.5 Å². The predicted molar refractivity (Wildman–Crippen MR) is 88.5 cm³/mol. The topological polar surface area (TPSA) is 72.7 Å². The lowest BCUT2D eigenvalue weighted by atomic mass is 10.1. The number of non-ortho nitro benzene ring substituents is 1. The second-order valence-electron chi connectivity index (χ2n) is 5.13. The Balaban J connectivity index is 1.77. The van der Waals surface area contributed by atoms with E-state index in [1.807, 2.05) is 30.3 Å². The number of nitro groups is 1. The summed E-state index contributed by atoms with van der Waals surface area (Å²) < 4.78 is 5.86. The Morgan fingerprint density at radius 3 is 2.74 bits per heavy atom. The predicted octanol–water partition coefficient (Wildman–Crippen LogP) is 4.06. The molecule has 2 aromatic rings. The first-order valence-electron chi connectivity index (χ1n) is 7.01. The Bertz CT molecular complexity index is 764. The summed E-state index contributed by atoms with van der Waals surface area (Å²) in [6, 6.07) is 12.3. The molecule has 0 N–H and O–H groups in total. The summed E-state index contributed by atoms with van der Waals surface area (Å²) in [5, 5.41) is 10.9. The summed E-state index contributed by atoms with van der Waals surface area (Å²) in [4.78, 5) is 24.3. The van der Waals surface area contributed by atoms with Crippen molar-refractivity contribution in [3.8, 4) is 0 Å². The van der Waals surface area contributed by atoms with E-state index in [4.69, 9.17) is 4.74 Å². The van der Waals surface area contributed by atoms with Crippen molar-refractivity contribution in [1.82, 2.24) is 0 Å². The number of fused-ring (bicyclic) bond motifs is 1. The molecule has 3 rings (SSSR count). The van der Waals surface area contributed by atoms with Crippen molar-refractivity contribution in [2.75, 3.05) is 11.4 Å². The van der Waals surface area contributed by atoms with Gasteiger partial charge in [-0.1, -0.05) is 30.3 Å². The number of hydrogen-bond acceptors (Lipinski definition) is 4. The summed E-state index contributed by atoms with van der Waals surface area (Å²) in [5.74, 6) is 0. The van der Waals surface area contributed by atoms with Crippen LogP contribution in [-0.4, -0.2) is 17.6 Å². The molecule has 6 nitrogen and oxygen atoms in total. The van der Waals surface area contributed by atoms with E-state index >= 15 is 0 Å². The van der Waals surface area contributed by atoms with Gasteiger partial charge in [0.1, 0.15) is 6.61 Å². The van der Waals surface area contributed by atoms with E-state index < -0.39 is 11.0 Å². The standard InChI is InChI=1S/C16H13BrN2O4/c17-14-9-13(19(21)22)8-12-6-7-18(15(12)14)16(20)23-10-11-4-2-1-3-5-11/h1-5,8-9H,6-7,10H2. The minimum Gasteiger partial charge on any atom is -0.444 e. The molecule has 0 unspecified atom stereocenters. The van der Waals surface area contributed by atoms with Crippen LogP contribution < -0.4 is 4.90 Å². The molecule has 0 atom stereocenters. The van der Waals surface area contributed by atoms with Crippen molar-refractivity contribution in [3.05, 3.63) is 68.2 Å². The molecule has 1 aliphatic heterocycles. The zero-order valence-electron chi connectivity index (χ0n) is 12.1. The maximum absolute atomic E-state index is 12.3. The van der Waals surface area contributed by atoms with Crippen LogP contribution in [0, 0.1) is 10.1 Å². The van der Waals surface area contributed by atoms with E-state index in [9.17, 15) is 14.9 Å². The average Bonchev–Trinajstić information content (AvgIpc) is 2.98. The van der Waals surface area contributed by atoms with Crippen LogP contribution in [0.1, 0.15) is 11.1 Å². The van der Waals surface area contributed by atoms with Crippen LogP contribution in [0.3, 0.4) is 0 Å². The zero-order chi connectivity index (χ0) is 16.4. The molecule has 1 amide bonds. The maximum atomic E-state index is 12.3. The first-order valence-corrected chi connectivity index (χ1v) is 7.80. The van der Waals surface area contributed by atoms with Crippen molar-refractivity contribution >= 4 is 33.4 Å². The third-order valence-corrected chi connectivity index (χ3v) is 4.24. The number of anilines is 1. The molecule has 23 heavy (non-hydrogen) atoms. The molecular weight excluding hydrogens is 364 g/mol. The molecule has 0 aromatic heterocycles. The van der Waals surface area contributed by atoms with Crippen LogP contribution >= 0.6 is 15.9 Å². The molecule has 0 aliphatic carbocycles. The van der Waals surface area contributed by atoms with Gasteiger partial charge in [-0.25, -0.2) is 4.79 Å². The number of amides is 1. The molecule has 1 aliphatic rings. The first kappa shape index (κ1) is 15.5. The number of nitrogens with zero attached hydrogens (tertiary/aromatic N) is 2. The van der Waals surface area contributed by atoms with Gasteiger partial charge < -0.3 is 4.74 Å². The third kappa shape index (κ3) is 3.19. The SMILES string of the molecule is O=C(OCc1ccccc1)N1CCc2cc([N+](=O)[O-])cc(Br)c21. The monoisotopic (exact) mass is 376 g/mol. The highest BCUT2D eigenvalue weighted by Gasteiger charge is 2.30. The Morgan fingerprint density at radius 2 is 2.04 bits per heavy atom. The van der Waals surface area contributed by atoms with E-state index in [1.54, 1.807) is 0 Å². The fourth-order valence-corrected chi connectivity index (χ4v) is 3.27. The van der Waals surface area contributed by atoms with E-state index in [0.717, 1.165) is 11.1 Å². The van der Waals surface area contributed by atoms with Gasteiger partial charge in [0.2, 0.25) is 0 Å². The molecule has 1 heterocycles. The molecule has 0 fully saturated rings. The number of ether oxygens (including phenoxy) is 1. The highest BCUT2D eigenvalue weighted by Crippen LogP contribution is 2.39. The summed E-state index contributed by atoms with van der Waals surface area (Å²) >= 11 is 3.32. The quantitative estimate of drug-likeness (QED) is 0.598. The Kier molecular flexibility index (Phi) is 4.29. The lowest BCUT2D eigenvalue weighted by molar-refractivity contribution is -0.385. The largest absolute Gasteiger partial charge is 0.444 e. The van der Waals surface area contributed by atoms with Gasteiger partial charge >= 0.3 is 6.09 Å². The number of benzene rings is 2. The molecule has 0 bridgehead atoms. The number of halogens is 1. The normalized spacial score (nSPS) is 12.8. The number of hydrogen-bond donors (Lipinski definition) is 0. The highest BCUT2D eigenvalue weighted by atomic mass is 79.9. The first-order chi connectivity index (χ1) is 11.1. The second kappa shape index (κ2) is 6.37. The van der Waals surface area contributed by atoms with Crippen LogP contribution in [-0.2, 0) is 17.8 Å². The summed E-state index contributed by atoms with van der Waals surface area (Å²) in [6.07, 6.45) is 0.109.